The third-order valence-corrected chi connectivity index (χ3v) is 3.75. The fraction of sp³-hybridized carbons (Fsp3) is 0.250. The monoisotopic (exact) mass is 331 g/mol. The van der Waals surface area contributed by atoms with Gasteiger partial charge in [-0.1, -0.05) is 30.3 Å². The molecule has 1 aromatic carbocycles. The molecule has 2 rings (SSSR count). The van der Waals surface area contributed by atoms with E-state index in [9.17, 15) is 24.3 Å². The number of H-pyrrole nitrogens is 1. The molecule has 1 amide bonds. The Morgan fingerprint density at radius 3 is 2.46 bits per heavy atom. The van der Waals surface area contributed by atoms with Gasteiger partial charge in [0.05, 0.1) is 0 Å². The van der Waals surface area contributed by atoms with E-state index in [2.05, 4.69) is 4.98 Å². The Balaban J connectivity index is 2.33. The summed E-state index contributed by atoms with van der Waals surface area (Å²) in [6.07, 6.45) is 1.10. The molecular weight excluding hydrogens is 314 g/mol. The maximum Gasteiger partial charge on any atom is 0.328 e. The van der Waals surface area contributed by atoms with E-state index in [0.29, 0.717) is 0 Å². The molecule has 1 atom stereocenters. The van der Waals surface area contributed by atoms with Crippen molar-refractivity contribution in [3.8, 4) is 0 Å². The average molecular weight is 331 g/mol. The van der Waals surface area contributed by atoms with Gasteiger partial charge in [0, 0.05) is 26.7 Å². The summed E-state index contributed by atoms with van der Waals surface area (Å²) in [5, 5.41) is 9.43. The minimum absolute atomic E-state index is 0.0993. The predicted octanol–water partition coefficient (Wildman–Crippen LogP) is -0.158. The fourth-order valence-electron chi connectivity index (χ4n) is 2.28. The molecule has 0 saturated heterocycles. The van der Waals surface area contributed by atoms with Crippen molar-refractivity contribution in [2.24, 2.45) is 7.05 Å². The molecule has 24 heavy (non-hydrogen) atoms. The van der Waals surface area contributed by atoms with Crippen LogP contribution in [-0.4, -0.2) is 44.5 Å². The molecule has 0 bridgehead atoms. The van der Waals surface area contributed by atoms with E-state index in [0.717, 1.165) is 21.2 Å². The summed E-state index contributed by atoms with van der Waals surface area (Å²) in [6, 6.07) is 7.72. The second-order valence-corrected chi connectivity index (χ2v) is 5.33. The number of carboxylic acid groups (broad SMARTS) is 1. The van der Waals surface area contributed by atoms with Gasteiger partial charge < -0.3 is 15.0 Å². The molecule has 0 aliphatic rings. The Morgan fingerprint density at radius 1 is 1.25 bits per heavy atom. The number of hydrogen-bond acceptors (Lipinski definition) is 4. The van der Waals surface area contributed by atoms with E-state index >= 15 is 0 Å². The van der Waals surface area contributed by atoms with Gasteiger partial charge in [-0.25, -0.2) is 9.59 Å². The molecule has 1 heterocycles. The molecule has 8 nitrogen and oxygen atoms in total. The predicted molar refractivity (Wildman–Crippen MR) is 86.0 cm³/mol. The second kappa shape index (κ2) is 6.95. The van der Waals surface area contributed by atoms with Crippen molar-refractivity contribution in [3.05, 3.63) is 68.5 Å². The molecule has 0 saturated carbocycles. The van der Waals surface area contributed by atoms with Gasteiger partial charge in [-0.3, -0.25) is 14.2 Å². The molecule has 0 unspecified atom stereocenters. The highest BCUT2D eigenvalue weighted by Gasteiger charge is 2.29. The molecular formula is C16H17N3O5. The number of nitrogens with zero attached hydrogens (tertiary/aromatic N) is 2. The lowest BCUT2D eigenvalue weighted by molar-refractivity contribution is -0.141. The Kier molecular flexibility index (Phi) is 4.98. The van der Waals surface area contributed by atoms with E-state index in [1.807, 2.05) is 0 Å². The molecule has 0 radical (unpaired) electrons. The van der Waals surface area contributed by atoms with Gasteiger partial charge in [-0.2, -0.15) is 0 Å². The first-order valence-corrected chi connectivity index (χ1v) is 7.15. The number of likely N-dealkylation sites (N-methyl/N-ethyl adjacent to an activating group) is 1. The Hall–Kier alpha value is -3.16. The largest absolute Gasteiger partial charge is 0.480 e. The standard InChI is InChI=1S/C16H17N3O5/c1-18(12(15(22)23)8-10-6-4-3-5-7-10)13(20)11-9-17-16(24)19(2)14(11)21/h3-7,9,12H,8H2,1-2H3,(H,17,24)(H,22,23)/t12-/m0/s1. The molecule has 0 fully saturated rings. The number of carbonyl (C=O) groups is 2. The molecule has 2 aromatic rings. The molecule has 0 spiro atoms. The maximum atomic E-state index is 12.5. The summed E-state index contributed by atoms with van der Waals surface area (Å²) in [7, 11) is 2.55. The normalized spacial score (nSPS) is 11.8. The lowest BCUT2D eigenvalue weighted by Gasteiger charge is -2.24. The number of hydrogen-bond donors (Lipinski definition) is 2. The summed E-state index contributed by atoms with van der Waals surface area (Å²) in [5.74, 6) is -1.95. The van der Waals surface area contributed by atoms with Crippen LogP contribution in [0.2, 0.25) is 0 Å². The maximum absolute atomic E-state index is 12.5. The van der Waals surface area contributed by atoms with Gasteiger partial charge in [0.25, 0.3) is 11.5 Å². The Labute approximate surface area is 137 Å². The third kappa shape index (κ3) is 3.43. The van der Waals surface area contributed by atoms with Gasteiger partial charge in [-0.05, 0) is 5.56 Å². The highest BCUT2D eigenvalue weighted by molar-refractivity contribution is 5.95. The Morgan fingerprint density at radius 2 is 1.88 bits per heavy atom. The number of rotatable bonds is 5. The van der Waals surface area contributed by atoms with Crippen molar-refractivity contribution in [1.29, 1.82) is 0 Å². The summed E-state index contributed by atoms with van der Waals surface area (Å²) < 4.78 is 0.758. The van der Waals surface area contributed by atoms with Crippen molar-refractivity contribution in [2.75, 3.05) is 7.05 Å². The van der Waals surface area contributed by atoms with Crippen LogP contribution in [0.1, 0.15) is 15.9 Å². The van der Waals surface area contributed by atoms with E-state index < -0.39 is 29.2 Å². The summed E-state index contributed by atoms with van der Waals surface area (Å²) in [4.78, 5) is 50.7. The second-order valence-electron chi connectivity index (χ2n) is 5.33. The number of amides is 1. The van der Waals surface area contributed by atoms with E-state index in [-0.39, 0.29) is 12.0 Å². The van der Waals surface area contributed by atoms with Gasteiger partial charge in [0.15, 0.2) is 0 Å². The van der Waals surface area contributed by atoms with E-state index in [1.165, 1.54) is 14.1 Å². The topological polar surface area (TPSA) is 112 Å². The van der Waals surface area contributed by atoms with Gasteiger partial charge in [0.1, 0.15) is 11.6 Å². The first-order chi connectivity index (χ1) is 11.3. The lowest BCUT2D eigenvalue weighted by atomic mass is 10.0. The van der Waals surface area contributed by atoms with E-state index in [1.54, 1.807) is 30.3 Å². The van der Waals surface area contributed by atoms with E-state index in [4.69, 9.17) is 0 Å². The molecule has 0 aliphatic heterocycles. The fourth-order valence-corrected chi connectivity index (χ4v) is 2.28. The minimum Gasteiger partial charge on any atom is -0.480 e. The SMILES string of the molecule is CN(C(=O)c1c[nH]c(=O)n(C)c1=O)[C@@H](Cc1ccccc1)C(=O)O. The van der Waals surface area contributed by atoms with Crippen molar-refractivity contribution in [2.45, 2.75) is 12.5 Å². The quantitative estimate of drug-likeness (QED) is 0.791. The molecule has 0 aliphatic carbocycles. The zero-order chi connectivity index (χ0) is 17.9. The highest BCUT2D eigenvalue weighted by atomic mass is 16.4. The van der Waals surface area contributed by atoms with Crippen molar-refractivity contribution in [3.63, 3.8) is 0 Å². The number of carbonyl (C=O) groups excluding carboxylic acids is 1. The molecule has 8 heteroatoms. The third-order valence-electron chi connectivity index (χ3n) is 3.75. The minimum atomic E-state index is -1.18. The number of aromatic amines is 1. The van der Waals surface area contributed by atoms with Crippen LogP contribution in [0.3, 0.4) is 0 Å². The Bertz CT molecular complexity index is 869. The van der Waals surface area contributed by atoms with Gasteiger partial charge in [-0.15, -0.1) is 0 Å². The van der Waals surface area contributed by atoms with Crippen LogP contribution < -0.4 is 11.2 Å². The zero-order valence-electron chi connectivity index (χ0n) is 13.2. The number of benzene rings is 1. The summed E-state index contributed by atoms with van der Waals surface area (Å²) in [6.45, 7) is 0. The van der Waals surface area contributed by atoms with Gasteiger partial charge >= 0.3 is 11.7 Å². The van der Waals surface area contributed by atoms with Crippen molar-refractivity contribution < 1.29 is 14.7 Å². The van der Waals surface area contributed by atoms with Crippen LogP contribution in [0.4, 0.5) is 0 Å². The van der Waals surface area contributed by atoms with Crippen LogP contribution in [0.15, 0.2) is 46.1 Å². The number of aromatic nitrogens is 2. The number of nitrogens with one attached hydrogen (secondary N) is 1. The van der Waals surface area contributed by atoms with Crippen LogP contribution in [0.25, 0.3) is 0 Å². The zero-order valence-corrected chi connectivity index (χ0v) is 13.2. The van der Waals surface area contributed by atoms with Crippen molar-refractivity contribution in [1.82, 2.24) is 14.5 Å². The van der Waals surface area contributed by atoms with Crippen LogP contribution in [-0.2, 0) is 18.3 Å². The average Bonchev–Trinajstić information content (AvgIpc) is 2.57. The first-order valence-electron chi connectivity index (χ1n) is 7.15. The van der Waals surface area contributed by atoms with Crippen LogP contribution in [0.5, 0.6) is 0 Å². The van der Waals surface area contributed by atoms with Crippen LogP contribution in [0, 0.1) is 0 Å². The molecule has 2 N–H and O–H groups in total. The van der Waals surface area contributed by atoms with Crippen LogP contribution >= 0.6 is 0 Å². The summed E-state index contributed by atoms with van der Waals surface area (Å²) >= 11 is 0. The summed E-state index contributed by atoms with van der Waals surface area (Å²) in [5.41, 5.74) is -0.976. The van der Waals surface area contributed by atoms with Crippen molar-refractivity contribution >= 4 is 11.9 Å². The highest BCUT2D eigenvalue weighted by Crippen LogP contribution is 2.10. The molecule has 1 aromatic heterocycles. The lowest BCUT2D eigenvalue weighted by Crippen LogP contribution is -2.47. The smallest absolute Gasteiger partial charge is 0.328 e. The first kappa shape index (κ1) is 17.2. The number of aliphatic carboxylic acids is 1. The van der Waals surface area contributed by atoms with Gasteiger partial charge in [0.2, 0.25) is 0 Å². The number of carboxylic acids is 1. The molecule has 126 valence electrons.